The van der Waals surface area contributed by atoms with Crippen LogP contribution in [0.3, 0.4) is 0 Å². The maximum atomic E-state index is 11.0. The lowest BCUT2D eigenvalue weighted by Gasteiger charge is -2.14. The first-order chi connectivity index (χ1) is 22.7. The van der Waals surface area contributed by atoms with Crippen molar-refractivity contribution in [3.63, 3.8) is 0 Å². The van der Waals surface area contributed by atoms with Crippen LogP contribution in [0.2, 0.25) is 0 Å². The van der Waals surface area contributed by atoms with Crippen molar-refractivity contribution < 1.29 is 73.3 Å². The molecule has 0 aliphatic heterocycles. The van der Waals surface area contributed by atoms with Gasteiger partial charge in [-0.05, 0) is 24.3 Å². The van der Waals surface area contributed by atoms with Crippen LogP contribution in [0.15, 0.2) is 92.4 Å². The highest BCUT2D eigenvalue weighted by Crippen LogP contribution is 2.29. The smallest absolute Gasteiger partial charge is 0.336 e. The molecule has 0 saturated carbocycles. The van der Waals surface area contributed by atoms with Gasteiger partial charge in [-0.25, -0.2) is 33.7 Å². The third-order valence-electron chi connectivity index (χ3n) is 4.76. The van der Waals surface area contributed by atoms with Crippen LogP contribution in [0.1, 0.15) is 0 Å². The molecule has 0 fully saturated rings. The lowest BCUT2D eigenvalue weighted by molar-refractivity contribution is -0.597. The fourth-order valence-electron chi connectivity index (χ4n) is 3.38. The van der Waals surface area contributed by atoms with Gasteiger partial charge in [0.15, 0.2) is 0 Å². The molecule has 50 heavy (non-hydrogen) atoms. The van der Waals surface area contributed by atoms with E-state index >= 15 is 0 Å². The Labute approximate surface area is 289 Å². The maximum absolute atomic E-state index is 11.0. The van der Waals surface area contributed by atoms with Crippen molar-refractivity contribution >= 4 is 73.9 Å². The number of quaternary nitrogens is 2. The summed E-state index contributed by atoms with van der Waals surface area (Å²) in [6.07, 6.45) is 0. The number of hydrogen-bond donors (Lipinski definition) is 8. The van der Waals surface area contributed by atoms with Gasteiger partial charge in [-0.15, -0.1) is 0 Å². The lowest BCUT2D eigenvalue weighted by atomic mass is 10.1. The van der Waals surface area contributed by atoms with E-state index in [0.29, 0.717) is 0 Å². The summed E-state index contributed by atoms with van der Waals surface area (Å²) in [5.41, 5.74) is 18.3. The van der Waals surface area contributed by atoms with E-state index in [1.807, 2.05) is 38.8 Å². The average molecular weight is 785 g/mol. The van der Waals surface area contributed by atoms with Crippen molar-refractivity contribution in [1.82, 2.24) is 0 Å². The van der Waals surface area contributed by atoms with E-state index in [1.54, 1.807) is 0 Å². The number of rotatable bonds is 4. The Morgan fingerprint density at radius 3 is 0.660 bits per heavy atom. The molecule has 24 heteroatoms. The van der Waals surface area contributed by atoms with Crippen molar-refractivity contribution in [1.29, 1.82) is 0 Å². The standard InChI is InChI=1S/2C10H8O6S2.2C2H7N.2CH5N3/c2*11-17(12,13)9-5-1-3-7-8(9)4-2-6-10(7)18(14,15)16;2*1-3-2;2*2-1(3)4/h2*1-6H,(H,11,12,13)(H,14,15,16);2*3H,1-2H3;2*(H5,2,3,4). The molecule has 4 aromatic rings. The van der Waals surface area contributed by atoms with E-state index in [9.17, 15) is 51.9 Å². The van der Waals surface area contributed by atoms with Gasteiger partial charge >= 0.3 is 11.9 Å². The summed E-state index contributed by atoms with van der Waals surface area (Å²) in [5, 5.41) is 12.8. The lowest BCUT2D eigenvalue weighted by Crippen LogP contribution is -2.74. The summed E-state index contributed by atoms with van der Waals surface area (Å²) >= 11 is 0. The zero-order chi connectivity index (χ0) is 39.7. The molecule has 0 unspecified atom stereocenters. The van der Waals surface area contributed by atoms with Crippen LogP contribution in [-0.2, 0) is 40.5 Å². The maximum Gasteiger partial charge on any atom is 0.336 e. The van der Waals surface area contributed by atoms with Crippen molar-refractivity contribution in [2.45, 2.75) is 19.6 Å². The second-order valence-corrected chi connectivity index (χ2v) is 14.6. The minimum atomic E-state index is -4.74. The molecule has 4 aromatic carbocycles. The van der Waals surface area contributed by atoms with Crippen LogP contribution in [0.4, 0.5) is 0 Å². The Morgan fingerprint density at radius 2 is 0.560 bits per heavy atom. The van der Waals surface area contributed by atoms with Gasteiger partial charge in [0, 0.05) is 21.5 Å². The molecule has 16 N–H and O–H groups in total. The highest BCUT2D eigenvalue weighted by Gasteiger charge is 2.13. The third kappa shape index (κ3) is 17.2. The zero-order valence-electron chi connectivity index (χ0n) is 27.1. The number of guanidine groups is 2. The largest absolute Gasteiger partial charge is 0.744 e. The quantitative estimate of drug-likeness (QED) is 0.0541. The average Bonchev–Trinajstić information content (AvgIpc) is 2.94. The van der Waals surface area contributed by atoms with Crippen molar-refractivity contribution in [3.05, 3.63) is 72.8 Å². The molecule has 0 aliphatic carbocycles. The van der Waals surface area contributed by atoms with Crippen LogP contribution >= 0.6 is 0 Å². The van der Waals surface area contributed by atoms with Gasteiger partial charge in [0.1, 0.15) is 40.5 Å². The molecule has 4 rings (SSSR count). The third-order valence-corrected chi connectivity index (χ3v) is 8.34. The van der Waals surface area contributed by atoms with Gasteiger partial charge in [-0.3, -0.25) is 33.8 Å². The molecule has 0 radical (unpaired) electrons. The molecule has 0 bridgehead atoms. The summed E-state index contributed by atoms with van der Waals surface area (Å²) in [6, 6.07) is 14.2. The Kier molecular flexibility index (Phi) is 19.9. The number of hydrogen-bond acceptors (Lipinski definition) is 12. The summed E-state index contributed by atoms with van der Waals surface area (Å²) < 4.78 is 132. The van der Waals surface area contributed by atoms with Gasteiger partial charge in [0.25, 0.3) is 0 Å². The molecule has 0 saturated heterocycles. The summed E-state index contributed by atoms with van der Waals surface area (Å²) in [4.78, 5) is -2.20. The van der Waals surface area contributed by atoms with Crippen LogP contribution in [0.25, 0.3) is 21.5 Å². The molecular formula is C26H40N8O12S4. The summed E-state index contributed by atoms with van der Waals surface area (Å²) in [5.74, 6) is -0.167. The fraction of sp³-hybridized carbons (Fsp3) is 0.154. The topological polar surface area (TPSA) is 417 Å². The van der Waals surface area contributed by atoms with Crippen molar-refractivity contribution in [2.24, 2.45) is 22.9 Å². The number of nitrogens with two attached hydrogens (primary N) is 8. The van der Waals surface area contributed by atoms with E-state index in [1.165, 1.54) is 48.5 Å². The van der Waals surface area contributed by atoms with Crippen LogP contribution in [0.5, 0.6) is 0 Å². The molecule has 0 aliphatic rings. The summed E-state index contributed by atoms with van der Waals surface area (Å²) in [6.45, 7) is 0. The van der Waals surface area contributed by atoms with E-state index < -0.39 is 60.1 Å². The van der Waals surface area contributed by atoms with Crippen LogP contribution < -0.4 is 44.4 Å². The van der Waals surface area contributed by atoms with E-state index in [4.69, 9.17) is 0 Å². The van der Waals surface area contributed by atoms with Crippen molar-refractivity contribution in [2.75, 3.05) is 28.2 Å². The van der Waals surface area contributed by atoms with E-state index in [2.05, 4.69) is 33.8 Å². The van der Waals surface area contributed by atoms with Gasteiger partial charge < -0.3 is 28.8 Å². The van der Waals surface area contributed by atoms with Gasteiger partial charge in [-0.1, -0.05) is 48.5 Å². The van der Waals surface area contributed by atoms with Gasteiger partial charge in [0.05, 0.1) is 47.8 Å². The first-order valence-corrected chi connectivity index (χ1v) is 19.0. The molecule has 20 nitrogen and oxygen atoms in total. The molecule has 280 valence electrons. The highest BCUT2D eigenvalue weighted by molar-refractivity contribution is 7.87. The normalized spacial score (nSPS) is 10.9. The molecular weight excluding hydrogens is 745 g/mol. The minimum absolute atomic E-state index is 0.0792. The second-order valence-electron chi connectivity index (χ2n) is 9.19. The van der Waals surface area contributed by atoms with Gasteiger partial charge in [0.2, 0.25) is 0 Å². The predicted octanol–water partition coefficient (Wildman–Crippen LogP) is -7.05. The molecule has 0 atom stereocenters. The molecule has 0 spiro atoms. The zero-order valence-corrected chi connectivity index (χ0v) is 30.3. The van der Waals surface area contributed by atoms with Crippen molar-refractivity contribution in [3.8, 4) is 0 Å². The Hall–Kier alpha value is -4.50. The van der Waals surface area contributed by atoms with E-state index in [-0.39, 0.29) is 33.5 Å². The molecule has 0 amide bonds. The summed E-state index contributed by atoms with van der Waals surface area (Å²) in [7, 11) is -11.0. The second kappa shape index (κ2) is 20.9. The van der Waals surface area contributed by atoms with Crippen LogP contribution in [-0.4, -0.2) is 92.0 Å². The number of fused-ring (bicyclic) bond motifs is 2. The predicted molar refractivity (Wildman–Crippen MR) is 178 cm³/mol. The Morgan fingerprint density at radius 1 is 0.440 bits per heavy atom. The first-order valence-electron chi connectivity index (χ1n) is 13.3. The minimum Gasteiger partial charge on any atom is -0.744 e. The highest BCUT2D eigenvalue weighted by atomic mass is 32.2. The molecule has 0 heterocycles. The van der Waals surface area contributed by atoms with Gasteiger partial charge in [-0.2, -0.15) is 0 Å². The SMILES string of the molecule is C[NH2+]C.C[NH2+]C.NC(N)=[NH2+].NC(N)=[NH2+].O=S(=O)([O-])c1cccc2c(S(=O)(=O)[O-])cccc12.O=S(=O)([O-])c1cccc2c(S(=O)(=O)[O-])cccc12. The fourth-order valence-corrected chi connectivity index (χ4v) is 6.15. The first kappa shape index (κ1) is 47.6. The van der Waals surface area contributed by atoms with E-state index in [0.717, 1.165) is 24.3 Å². The Balaban J connectivity index is 0. The number of benzene rings is 4. The van der Waals surface area contributed by atoms with Crippen LogP contribution in [0, 0.1) is 0 Å². The Bertz CT molecular complexity index is 1890. The monoisotopic (exact) mass is 784 g/mol. The molecule has 0 aromatic heterocycles.